The molecule has 0 saturated carbocycles. The van der Waals surface area contributed by atoms with Crippen molar-refractivity contribution in [2.45, 2.75) is 12.8 Å². The lowest BCUT2D eigenvalue weighted by Crippen LogP contribution is -2.36. The summed E-state index contributed by atoms with van der Waals surface area (Å²) in [5.74, 6) is -0.0632. The van der Waals surface area contributed by atoms with E-state index in [1.54, 1.807) is 24.3 Å². The first-order valence-electron chi connectivity index (χ1n) is 7.39. The smallest absolute Gasteiger partial charge is 0.243 e. The van der Waals surface area contributed by atoms with Gasteiger partial charge in [-0.25, -0.2) is 0 Å². The third kappa shape index (κ3) is 3.09. The van der Waals surface area contributed by atoms with Crippen LogP contribution >= 0.6 is 0 Å². The monoisotopic (exact) mass is 291 g/mol. The Kier molecular flexibility index (Phi) is 4.06. The molecular formula is C18H17N3O. The average Bonchev–Trinajstić information content (AvgIpc) is 2.55. The van der Waals surface area contributed by atoms with Crippen LogP contribution in [0.5, 0.6) is 0 Å². The van der Waals surface area contributed by atoms with Crippen LogP contribution in [-0.2, 0) is 11.2 Å². The molecule has 2 aromatic rings. The van der Waals surface area contributed by atoms with Crippen LogP contribution in [0, 0.1) is 11.3 Å². The van der Waals surface area contributed by atoms with Gasteiger partial charge in [-0.15, -0.1) is 0 Å². The van der Waals surface area contributed by atoms with Crippen LogP contribution in [0.2, 0.25) is 0 Å². The Morgan fingerprint density at radius 3 is 2.95 bits per heavy atom. The van der Waals surface area contributed by atoms with E-state index in [4.69, 9.17) is 5.26 Å². The van der Waals surface area contributed by atoms with Crippen molar-refractivity contribution in [3.8, 4) is 6.07 Å². The fraction of sp³-hybridized carbons (Fsp3) is 0.222. The lowest BCUT2D eigenvalue weighted by Gasteiger charge is -2.30. The van der Waals surface area contributed by atoms with Crippen LogP contribution in [0.1, 0.15) is 17.5 Å². The van der Waals surface area contributed by atoms with Crippen LogP contribution in [-0.4, -0.2) is 19.0 Å². The van der Waals surface area contributed by atoms with Crippen LogP contribution in [0.4, 0.5) is 11.4 Å². The number of anilines is 2. The van der Waals surface area contributed by atoms with Crippen molar-refractivity contribution in [1.29, 1.82) is 5.26 Å². The molecule has 1 aliphatic rings. The molecule has 1 aliphatic heterocycles. The van der Waals surface area contributed by atoms with E-state index in [0.717, 1.165) is 25.1 Å². The van der Waals surface area contributed by atoms with Crippen molar-refractivity contribution in [3.05, 3.63) is 59.7 Å². The normalized spacial score (nSPS) is 13.1. The number of rotatable bonds is 3. The van der Waals surface area contributed by atoms with E-state index >= 15 is 0 Å². The Labute approximate surface area is 130 Å². The molecule has 110 valence electrons. The number of benzene rings is 2. The van der Waals surface area contributed by atoms with Gasteiger partial charge < -0.3 is 10.2 Å². The lowest BCUT2D eigenvalue weighted by atomic mass is 10.0. The fourth-order valence-corrected chi connectivity index (χ4v) is 2.82. The Hall–Kier alpha value is -2.80. The summed E-state index contributed by atoms with van der Waals surface area (Å²) in [7, 11) is 0. The van der Waals surface area contributed by atoms with Gasteiger partial charge in [0.1, 0.15) is 0 Å². The average molecular weight is 291 g/mol. The predicted molar refractivity (Wildman–Crippen MR) is 86.8 cm³/mol. The van der Waals surface area contributed by atoms with Crippen molar-refractivity contribution in [1.82, 2.24) is 0 Å². The molecule has 0 aromatic heterocycles. The number of fused-ring (bicyclic) bond motifs is 1. The Morgan fingerprint density at radius 1 is 1.23 bits per heavy atom. The van der Waals surface area contributed by atoms with Crippen LogP contribution in [0.25, 0.3) is 0 Å². The quantitative estimate of drug-likeness (QED) is 0.946. The van der Waals surface area contributed by atoms with Crippen molar-refractivity contribution in [2.75, 3.05) is 23.3 Å². The van der Waals surface area contributed by atoms with Gasteiger partial charge >= 0.3 is 0 Å². The molecule has 0 unspecified atom stereocenters. The van der Waals surface area contributed by atoms with Crippen LogP contribution < -0.4 is 10.2 Å². The van der Waals surface area contributed by atoms with Gasteiger partial charge in [0.15, 0.2) is 0 Å². The van der Waals surface area contributed by atoms with Gasteiger partial charge in [-0.05, 0) is 42.7 Å². The highest BCUT2D eigenvalue weighted by Crippen LogP contribution is 2.26. The van der Waals surface area contributed by atoms with Gasteiger partial charge in [0.05, 0.1) is 18.2 Å². The largest absolute Gasteiger partial charge is 0.362 e. The minimum Gasteiger partial charge on any atom is -0.362 e. The number of nitrogens with zero attached hydrogens (tertiary/aromatic N) is 2. The second kappa shape index (κ2) is 6.31. The number of nitriles is 1. The summed E-state index contributed by atoms with van der Waals surface area (Å²) in [5.41, 5.74) is 3.65. The summed E-state index contributed by atoms with van der Waals surface area (Å²) < 4.78 is 0. The summed E-state index contributed by atoms with van der Waals surface area (Å²) >= 11 is 0. The van der Waals surface area contributed by atoms with Crippen molar-refractivity contribution < 1.29 is 4.79 Å². The van der Waals surface area contributed by atoms with E-state index in [1.807, 2.05) is 12.1 Å². The van der Waals surface area contributed by atoms with Gasteiger partial charge in [-0.1, -0.05) is 24.3 Å². The standard InChI is InChI=1S/C18H17N3O/c19-12-14-5-3-8-16(11-14)20-18(22)13-21-10-4-7-15-6-1-2-9-17(15)21/h1-3,5-6,8-9,11H,4,7,10,13H2,(H,20,22). The van der Waals surface area contributed by atoms with Crippen molar-refractivity contribution >= 4 is 17.3 Å². The number of hydrogen-bond donors (Lipinski definition) is 1. The first-order valence-corrected chi connectivity index (χ1v) is 7.39. The number of para-hydroxylation sites is 1. The molecule has 0 aliphatic carbocycles. The van der Waals surface area contributed by atoms with Gasteiger partial charge in [-0.3, -0.25) is 4.79 Å². The molecule has 22 heavy (non-hydrogen) atoms. The summed E-state index contributed by atoms with van der Waals surface area (Å²) in [5, 5.41) is 11.8. The molecule has 1 heterocycles. The molecule has 1 N–H and O–H groups in total. The molecule has 0 radical (unpaired) electrons. The number of carbonyl (C=O) groups excluding carboxylic acids is 1. The van der Waals surface area contributed by atoms with Gasteiger partial charge in [0, 0.05) is 17.9 Å². The topological polar surface area (TPSA) is 56.1 Å². The molecule has 0 spiro atoms. The number of amides is 1. The molecule has 0 bridgehead atoms. The van der Waals surface area contributed by atoms with Gasteiger partial charge in [-0.2, -0.15) is 5.26 Å². The molecular weight excluding hydrogens is 274 g/mol. The number of carbonyl (C=O) groups is 1. The summed E-state index contributed by atoms with van der Waals surface area (Å²) in [6.45, 7) is 1.22. The van der Waals surface area contributed by atoms with Crippen molar-refractivity contribution in [2.24, 2.45) is 0 Å². The first kappa shape index (κ1) is 14.2. The third-order valence-electron chi connectivity index (χ3n) is 3.82. The van der Waals surface area contributed by atoms with E-state index in [2.05, 4.69) is 28.4 Å². The summed E-state index contributed by atoms with van der Waals surface area (Å²) in [6, 6.07) is 17.3. The molecule has 0 fully saturated rings. The second-order valence-electron chi connectivity index (χ2n) is 5.39. The maximum absolute atomic E-state index is 12.3. The zero-order chi connectivity index (χ0) is 15.4. The third-order valence-corrected chi connectivity index (χ3v) is 3.82. The Bertz CT molecular complexity index is 733. The van der Waals surface area contributed by atoms with Crippen LogP contribution in [0.15, 0.2) is 48.5 Å². The number of hydrogen-bond acceptors (Lipinski definition) is 3. The minimum atomic E-state index is -0.0632. The Morgan fingerprint density at radius 2 is 2.09 bits per heavy atom. The van der Waals surface area contributed by atoms with E-state index in [9.17, 15) is 4.79 Å². The van der Waals surface area contributed by atoms with E-state index in [-0.39, 0.29) is 5.91 Å². The first-order chi connectivity index (χ1) is 10.8. The number of aryl methyl sites for hydroxylation is 1. The minimum absolute atomic E-state index is 0.0632. The maximum Gasteiger partial charge on any atom is 0.243 e. The molecule has 3 rings (SSSR count). The highest BCUT2D eigenvalue weighted by atomic mass is 16.2. The maximum atomic E-state index is 12.3. The second-order valence-corrected chi connectivity index (χ2v) is 5.39. The molecule has 4 heteroatoms. The zero-order valence-electron chi connectivity index (χ0n) is 12.2. The summed E-state index contributed by atoms with van der Waals surface area (Å²) in [4.78, 5) is 14.4. The summed E-state index contributed by atoms with van der Waals surface area (Å²) in [6.07, 6.45) is 2.13. The van der Waals surface area contributed by atoms with Crippen LogP contribution in [0.3, 0.4) is 0 Å². The highest BCUT2D eigenvalue weighted by Gasteiger charge is 2.18. The molecule has 0 saturated heterocycles. The highest BCUT2D eigenvalue weighted by molar-refractivity contribution is 5.94. The molecule has 4 nitrogen and oxygen atoms in total. The Balaban J connectivity index is 1.69. The van der Waals surface area contributed by atoms with E-state index in [0.29, 0.717) is 17.8 Å². The fourth-order valence-electron chi connectivity index (χ4n) is 2.82. The molecule has 2 aromatic carbocycles. The molecule has 1 amide bonds. The molecule has 0 atom stereocenters. The van der Waals surface area contributed by atoms with Gasteiger partial charge in [0.2, 0.25) is 5.91 Å². The predicted octanol–water partition coefficient (Wildman–Crippen LogP) is 2.95. The van der Waals surface area contributed by atoms with E-state index < -0.39 is 0 Å². The van der Waals surface area contributed by atoms with E-state index in [1.165, 1.54) is 5.56 Å². The number of nitrogens with one attached hydrogen (secondary N) is 1. The lowest BCUT2D eigenvalue weighted by molar-refractivity contribution is -0.115. The zero-order valence-corrected chi connectivity index (χ0v) is 12.2. The SMILES string of the molecule is N#Cc1cccc(NC(=O)CN2CCCc3ccccc32)c1. The van der Waals surface area contributed by atoms with Gasteiger partial charge in [0.25, 0.3) is 0 Å². The van der Waals surface area contributed by atoms with Crippen molar-refractivity contribution in [3.63, 3.8) is 0 Å².